The maximum Gasteiger partial charge on any atom is 0.261 e. The van der Waals surface area contributed by atoms with Crippen molar-refractivity contribution in [2.24, 2.45) is 0 Å². The molecule has 0 spiro atoms. The van der Waals surface area contributed by atoms with Crippen molar-refractivity contribution in [3.63, 3.8) is 0 Å². The number of benzene rings is 1. The Morgan fingerprint density at radius 1 is 0.938 bits per heavy atom. The number of pyridine rings is 1. The summed E-state index contributed by atoms with van der Waals surface area (Å²) < 4.78 is 0. The van der Waals surface area contributed by atoms with E-state index in [9.17, 15) is 14.4 Å². The van der Waals surface area contributed by atoms with Crippen molar-refractivity contribution in [3.8, 4) is 11.4 Å². The number of carbonyl (C=O) groups is 2. The number of carbonyl (C=O) groups excluding carboxylic acids is 2. The Kier molecular flexibility index (Phi) is 4.97. The summed E-state index contributed by atoms with van der Waals surface area (Å²) in [6, 6.07) is 1.82. The molecule has 0 bridgehead atoms. The Balaban J connectivity index is 1.52. The number of imide groups is 1. The standard InChI is InChI=1S/C24H27N5O3/c1-13-7-8-25-22(30)16(13)21-26-19-14(2)17-18(15(3)20(19)27-21)24(32)29(23(17)31)12-6-11-28-9-4-5-10-28/h7-8H,4-6,9-12H2,1-3H3,(H,25,30)(H,26,27). The van der Waals surface area contributed by atoms with E-state index in [1.54, 1.807) is 6.20 Å². The van der Waals surface area contributed by atoms with Crippen LogP contribution in [0.25, 0.3) is 22.4 Å². The summed E-state index contributed by atoms with van der Waals surface area (Å²) in [6.07, 6.45) is 4.83. The van der Waals surface area contributed by atoms with Crippen molar-refractivity contribution in [1.29, 1.82) is 0 Å². The quantitative estimate of drug-likeness (QED) is 0.603. The molecule has 5 rings (SSSR count). The maximum atomic E-state index is 13.2. The number of imidazole rings is 1. The van der Waals surface area contributed by atoms with Gasteiger partial charge in [-0.2, -0.15) is 0 Å². The Bertz CT molecular complexity index is 1250. The number of amides is 2. The zero-order valence-electron chi connectivity index (χ0n) is 18.7. The number of rotatable bonds is 5. The van der Waals surface area contributed by atoms with Crippen LogP contribution in [0.1, 0.15) is 56.7 Å². The van der Waals surface area contributed by atoms with Crippen LogP contribution < -0.4 is 5.56 Å². The highest BCUT2D eigenvalue weighted by Gasteiger charge is 2.39. The van der Waals surface area contributed by atoms with Gasteiger partial charge in [0.2, 0.25) is 0 Å². The number of fused-ring (bicyclic) bond motifs is 2. The van der Waals surface area contributed by atoms with Crippen molar-refractivity contribution >= 4 is 22.8 Å². The zero-order valence-corrected chi connectivity index (χ0v) is 18.7. The molecular formula is C24H27N5O3. The molecule has 1 fully saturated rings. The molecule has 32 heavy (non-hydrogen) atoms. The predicted octanol–water partition coefficient (Wildman–Crippen LogP) is 2.93. The van der Waals surface area contributed by atoms with Gasteiger partial charge in [-0.3, -0.25) is 19.3 Å². The number of H-pyrrole nitrogens is 2. The number of nitrogens with one attached hydrogen (secondary N) is 2. The molecule has 2 amide bonds. The van der Waals surface area contributed by atoms with Crippen LogP contribution in [0.4, 0.5) is 0 Å². The fourth-order valence-electron chi connectivity index (χ4n) is 5.08. The minimum absolute atomic E-state index is 0.233. The largest absolute Gasteiger partial charge is 0.338 e. The molecule has 0 unspecified atom stereocenters. The monoisotopic (exact) mass is 433 g/mol. The van der Waals surface area contributed by atoms with E-state index >= 15 is 0 Å². The van der Waals surface area contributed by atoms with Crippen molar-refractivity contribution in [2.45, 2.75) is 40.0 Å². The molecule has 8 nitrogen and oxygen atoms in total. The summed E-state index contributed by atoms with van der Waals surface area (Å²) in [6.45, 7) is 9.04. The van der Waals surface area contributed by atoms with Gasteiger partial charge >= 0.3 is 0 Å². The summed E-state index contributed by atoms with van der Waals surface area (Å²) in [4.78, 5) is 53.2. The number of aryl methyl sites for hydroxylation is 3. The third-order valence-electron chi connectivity index (χ3n) is 6.81. The molecule has 1 saturated heterocycles. The molecule has 0 aliphatic carbocycles. The van der Waals surface area contributed by atoms with Crippen LogP contribution in [0.2, 0.25) is 0 Å². The van der Waals surface area contributed by atoms with E-state index in [-0.39, 0.29) is 17.4 Å². The molecule has 4 heterocycles. The van der Waals surface area contributed by atoms with Crippen LogP contribution in [-0.2, 0) is 0 Å². The van der Waals surface area contributed by atoms with Gasteiger partial charge in [0.1, 0.15) is 5.82 Å². The number of hydrogen-bond acceptors (Lipinski definition) is 5. The number of hydrogen-bond donors (Lipinski definition) is 2. The van der Waals surface area contributed by atoms with Gasteiger partial charge in [0.15, 0.2) is 0 Å². The fourth-order valence-corrected chi connectivity index (χ4v) is 5.08. The predicted molar refractivity (Wildman–Crippen MR) is 122 cm³/mol. The second kappa shape index (κ2) is 7.70. The highest BCUT2D eigenvalue weighted by Crippen LogP contribution is 2.36. The lowest BCUT2D eigenvalue weighted by atomic mass is 9.97. The molecule has 0 radical (unpaired) electrons. The molecule has 2 aliphatic rings. The Morgan fingerprint density at radius 3 is 2.31 bits per heavy atom. The Morgan fingerprint density at radius 2 is 1.62 bits per heavy atom. The van der Waals surface area contributed by atoms with Gasteiger partial charge in [-0.25, -0.2) is 4.98 Å². The summed E-state index contributed by atoms with van der Waals surface area (Å²) in [5.74, 6) is -0.0392. The van der Waals surface area contributed by atoms with Crippen LogP contribution in [0, 0.1) is 20.8 Å². The first-order chi connectivity index (χ1) is 15.4. The average Bonchev–Trinajstić information content (AvgIpc) is 3.47. The molecule has 2 aliphatic heterocycles. The molecule has 8 heteroatoms. The first-order valence-corrected chi connectivity index (χ1v) is 11.2. The first kappa shape index (κ1) is 20.6. The number of likely N-dealkylation sites (tertiary alicyclic amines) is 1. The highest BCUT2D eigenvalue weighted by molar-refractivity contribution is 6.24. The van der Waals surface area contributed by atoms with Gasteiger partial charge in [-0.15, -0.1) is 0 Å². The SMILES string of the molecule is Cc1cc[nH]c(=O)c1-c1nc2c(C)c3c(c(C)c2[nH]1)C(=O)N(CCCN1CCCC1)C3=O. The Hall–Kier alpha value is -3.26. The third kappa shape index (κ3) is 3.09. The molecule has 1 aromatic carbocycles. The summed E-state index contributed by atoms with van der Waals surface area (Å²) in [5.41, 5.74) is 4.61. The zero-order chi connectivity index (χ0) is 22.6. The minimum atomic E-state index is -0.243. The fraction of sp³-hybridized carbons (Fsp3) is 0.417. The van der Waals surface area contributed by atoms with Gasteiger partial charge < -0.3 is 14.9 Å². The van der Waals surface area contributed by atoms with E-state index in [4.69, 9.17) is 0 Å². The summed E-state index contributed by atoms with van der Waals surface area (Å²) >= 11 is 0. The average molecular weight is 434 g/mol. The smallest absolute Gasteiger partial charge is 0.261 e. The second-order valence-corrected chi connectivity index (χ2v) is 8.84. The van der Waals surface area contributed by atoms with Crippen LogP contribution in [0.3, 0.4) is 0 Å². The number of aromatic amines is 2. The summed E-state index contributed by atoms with van der Waals surface area (Å²) in [5, 5.41) is 0. The molecular weight excluding hydrogens is 406 g/mol. The van der Waals surface area contributed by atoms with E-state index in [0.717, 1.165) is 31.6 Å². The van der Waals surface area contributed by atoms with Gasteiger partial charge in [0, 0.05) is 12.7 Å². The highest BCUT2D eigenvalue weighted by atomic mass is 16.2. The lowest BCUT2D eigenvalue weighted by Crippen LogP contribution is -2.33. The lowest BCUT2D eigenvalue weighted by Gasteiger charge is -2.18. The van der Waals surface area contributed by atoms with Gasteiger partial charge in [-0.1, -0.05) is 0 Å². The van der Waals surface area contributed by atoms with Crippen molar-refractivity contribution in [2.75, 3.05) is 26.2 Å². The van der Waals surface area contributed by atoms with Crippen molar-refractivity contribution < 1.29 is 9.59 Å². The van der Waals surface area contributed by atoms with E-state index in [0.29, 0.717) is 51.2 Å². The minimum Gasteiger partial charge on any atom is -0.338 e. The van der Waals surface area contributed by atoms with E-state index in [2.05, 4.69) is 19.9 Å². The van der Waals surface area contributed by atoms with Crippen molar-refractivity contribution in [3.05, 3.63) is 50.4 Å². The molecule has 0 atom stereocenters. The van der Waals surface area contributed by atoms with Crippen LogP contribution >= 0.6 is 0 Å². The van der Waals surface area contributed by atoms with Gasteiger partial charge in [0.25, 0.3) is 17.4 Å². The van der Waals surface area contributed by atoms with E-state index in [1.807, 2.05) is 26.8 Å². The number of aromatic nitrogens is 3. The lowest BCUT2D eigenvalue weighted by molar-refractivity contribution is 0.0648. The van der Waals surface area contributed by atoms with Crippen LogP contribution in [0.5, 0.6) is 0 Å². The molecule has 2 N–H and O–H groups in total. The van der Waals surface area contributed by atoms with E-state index < -0.39 is 0 Å². The molecule has 2 aromatic heterocycles. The van der Waals surface area contributed by atoms with Crippen LogP contribution in [-0.4, -0.2) is 62.7 Å². The van der Waals surface area contributed by atoms with Crippen molar-refractivity contribution in [1.82, 2.24) is 24.8 Å². The van der Waals surface area contributed by atoms with Gasteiger partial charge in [0.05, 0.1) is 27.7 Å². The second-order valence-electron chi connectivity index (χ2n) is 8.84. The van der Waals surface area contributed by atoms with E-state index in [1.165, 1.54) is 17.7 Å². The van der Waals surface area contributed by atoms with Gasteiger partial charge in [-0.05, 0) is 82.4 Å². The topological polar surface area (TPSA) is 102 Å². The molecule has 166 valence electrons. The summed E-state index contributed by atoms with van der Waals surface area (Å²) in [7, 11) is 0. The normalized spacial score (nSPS) is 16.5. The number of nitrogens with zero attached hydrogens (tertiary/aromatic N) is 3. The maximum absolute atomic E-state index is 13.2. The van der Waals surface area contributed by atoms with Crippen LogP contribution in [0.15, 0.2) is 17.1 Å². The molecule has 3 aromatic rings. The Labute approximate surface area is 185 Å². The third-order valence-corrected chi connectivity index (χ3v) is 6.81. The first-order valence-electron chi connectivity index (χ1n) is 11.2. The molecule has 0 saturated carbocycles.